The van der Waals surface area contributed by atoms with E-state index in [4.69, 9.17) is 0 Å². The van der Waals surface area contributed by atoms with Crippen LogP contribution in [0.2, 0.25) is 0 Å². The van der Waals surface area contributed by atoms with Crippen molar-refractivity contribution in [1.29, 1.82) is 0 Å². The van der Waals surface area contributed by atoms with Gasteiger partial charge in [-0.2, -0.15) is 0 Å². The van der Waals surface area contributed by atoms with E-state index in [0.717, 1.165) is 22.2 Å². The fourth-order valence-electron chi connectivity index (χ4n) is 2.28. The Hall–Kier alpha value is -1.87. The number of para-hydroxylation sites is 2. The molecule has 0 amide bonds. The topological polar surface area (TPSA) is 22.0 Å². The quantitative estimate of drug-likeness (QED) is 0.524. The van der Waals surface area contributed by atoms with E-state index in [2.05, 4.69) is 20.5 Å². The summed E-state index contributed by atoms with van der Waals surface area (Å²) in [5, 5.41) is 1.34. The van der Waals surface area contributed by atoms with E-state index in [1.807, 2.05) is 60.8 Å². The first-order chi connectivity index (χ1) is 9.31. The van der Waals surface area contributed by atoms with Crippen LogP contribution in [0.3, 0.4) is 0 Å². The van der Waals surface area contributed by atoms with Crippen LogP contribution in [0.4, 0.5) is 0 Å². The summed E-state index contributed by atoms with van der Waals surface area (Å²) in [5.41, 5.74) is 2.88. The van der Waals surface area contributed by atoms with Gasteiger partial charge < -0.3 is 4.57 Å². The predicted molar refractivity (Wildman–Crippen MR) is 81.4 cm³/mol. The van der Waals surface area contributed by atoms with Crippen LogP contribution >= 0.6 is 15.9 Å². The van der Waals surface area contributed by atoms with Gasteiger partial charge in [-0.15, -0.1) is 0 Å². The molecule has 0 aliphatic rings. The zero-order valence-electron chi connectivity index (χ0n) is 10.2. The lowest BCUT2D eigenvalue weighted by Gasteiger charge is -2.04. The molecule has 0 radical (unpaired) electrons. The number of fused-ring (bicyclic) bond motifs is 1. The van der Waals surface area contributed by atoms with Gasteiger partial charge in [0.2, 0.25) is 0 Å². The number of rotatable bonds is 3. The highest BCUT2D eigenvalue weighted by Gasteiger charge is 2.14. The summed E-state index contributed by atoms with van der Waals surface area (Å²) in [7, 11) is 0. The molecule has 0 aliphatic heterocycles. The van der Waals surface area contributed by atoms with Gasteiger partial charge in [-0.05, 0) is 18.2 Å². The molecular formula is C16H12BrNO. The summed E-state index contributed by atoms with van der Waals surface area (Å²) >= 11 is 3.24. The normalized spacial score (nSPS) is 10.8. The maximum atomic E-state index is 12.0. The third-order valence-corrected chi connectivity index (χ3v) is 3.68. The highest BCUT2D eigenvalue weighted by atomic mass is 79.9. The van der Waals surface area contributed by atoms with Gasteiger partial charge in [0.05, 0.1) is 10.8 Å². The Labute approximate surface area is 119 Å². The summed E-state index contributed by atoms with van der Waals surface area (Å²) in [6.07, 6.45) is 1.92. The number of ketones is 1. The minimum atomic E-state index is 0.103. The average Bonchev–Trinajstić information content (AvgIpc) is 2.87. The highest BCUT2D eigenvalue weighted by Crippen LogP contribution is 2.25. The van der Waals surface area contributed by atoms with Gasteiger partial charge in [-0.25, -0.2) is 0 Å². The van der Waals surface area contributed by atoms with Crippen LogP contribution in [0.15, 0.2) is 60.8 Å². The summed E-state index contributed by atoms with van der Waals surface area (Å²) in [6, 6.07) is 18.0. The molecule has 0 saturated heterocycles. The van der Waals surface area contributed by atoms with Gasteiger partial charge in [-0.3, -0.25) is 4.79 Å². The molecule has 3 aromatic rings. The fraction of sp³-hybridized carbons (Fsp3) is 0.0625. The smallest absolute Gasteiger partial charge is 0.175 e. The molecule has 0 fully saturated rings. The summed E-state index contributed by atoms with van der Waals surface area (Å²) in [6.45, 7) is 0. The number of halogens is 1. The molecule has 0 aliphatic carbocycles. The van der Waals surface area contributed by atoms with Crippen LogP contribution < -0.4 is 0 Å². The van der Waals surface area contributed by atoms with Crippen molar-refractivity contribution in [2.75, 3.05) is 5.33 Å². The largest absolute Gasteiger partial charge is 0.316 e. The fourth-order valence-corrected chi connectivity index (χ4v) is 2.58. The maximum absolute atomic E-state index is 12.0. The standard InChI is InChI=1S/C16H12BrNO/c17-10-16(19)14-11-18(12-6-2-1-3-7-12)15-9-5-4-8-13(14)15/h1-9,11H,10H2. The first-order valence-electron chi connectivity index (χ1n) is 6.06. The monoisotopic (exact) mass is 313 g/mol. The van der Waals surface area contributed by atoms with Crippen molar-refractivity contribution in [3.05, 3.63) is 66.4 Å². The molecule has 1 aromatic heterocycles. The van der Waals surface area contributed by atoms with Gasteiger partial charge in [0, 0.05) is 22.8 Å². The zero-order chi connectivity index (χ0) is 13.2. The molecule has 94 valence electrons. The van der Waals surface area contributed by atoms with Crippen molar-refractivity contribution >= 4 is 32.6 Å². The second-order valence-corrected chi connectivity index (χ2v) is 4.88. The molecule has 2 aromatic carbocycles. The second kappa shape index (κ2) is 5.02. The third kappa shape index (κ3) is 2.10. The van der Waals surface area contributed by atoms with E-state index in [1.54, 1.807) is 0 Å². The van der Waals surface area contributed by atoms with Gasteiger partial charge in [0.25, 0.3) is 0 Å². The Kier molecular flexibility index (Phi) is 3.22. The SMILES string of the molecule is O=C(CBr)c1cn(-c2ccccc2)c2ccccc12. The van der Waals surface area contributed by atoms with Gasteiger partial charge in [0.15, 0.2) is 5.78 Å². The highest BCUT2D eigenvalue weighted by molar-refractivity contribution is 9.09. The van der Waals surface area contributed by atoms with Gasteiger partial charge >= 0.3 is 0 Å². The lowest BCUT2D eigenvalue weighted by molar-refractivity contribution is 0.102. The average molecular weight is 314 g/mol. The van der Waals surface area contributed by atoms with E-state index >= 15 is 0 Å². The van der Waals surface area contributed by atoms with E-state index < -0.39 is 0 Å². The first-order valence-corrected chi connectivity index (χ1v) is 7.18. The summed E-state index contributed by atoms with van der Waals surface area (Å²) < 4.78 is 2.06. The number of Topliss-reactive ketones (excluding diaryl/α,β-unsaturated/α-hetero) is 1. The number of nitrogens with zero attached hydrogens (tertiary/aromatic N) is 1. The minimum Gasteiger partial charge on any atom is -0.316 e. The molecule has 3 rings (SSSR count). The van der Waals surface area contributed by atoms with Crippen LogP contribution in [0.25, 0.3) is 16.6 Å². The molecule has 0 N–H and O–H groups in total. The lowest BCUT2D eigenvalue weighted by Crippen LogP contribution is -1.98. The first kappa shape index (κ1) is 12.2. The Morgan fingerprint density at radius 1 is 1.00 bits per heavy atom. The van der Waals surface area contributed by atoms with Crippen LogP contribution in [0, 0.1) is 0 Å². The molecule has 2 nitrogen and oxygen atoms in total. The van der Waals surface area contributed by atoms with Crippen molar-refractivity contribution in [1.82, 2.24) is 4.57 Å². The van der Waals surface area contributed by atoms with Crippen molar-refractivity contribution in [2.45, 2.75) is 0 Å². The van der Waals surface area contributed by atoms with Crippen LogP contribution in [0.1, 0.15) is 10.4 Å². The number of benzene rings is 2. The number of carbonyl (C=O) groups excluding carboxylic acids is 1. The van der Waals surface area contributed by atoms with Crippen LogP contribution in [-0.2, 0) is 0 Å². The molecule has 3 heteroatoms. The Morgan fingerprint density at radius 3 is 2.42 bits per heavy atom. The molecular weight excluding hydrogens is 302 g/mol. The number of aromatic nitrogens is 1. The van der Waals surface area contributed by atoms with E-state index in [9.17, 15) is 4.79 Å². The zero-order valence-corrected chi connectivity index (χ0v) is 11.8. The van der Waals surface area contributed by atoms with Gasteiger partial charge in [0.1, 0.15) is 0 Å². The Bertz CT molecular complexity index is 731. The third-order valence-electron chi connectivity index (χ3n) is 3.17. The van der Waals surface area contributed by atoms with Crippen molar-refractivity contribution in [3.63, 3.8) is 0 Å². The number of hydrogen-bond acceptors (Lipinski definition) is 1. The van der Waals surface area contributed by atoms with Crippen molar-refractivity contribution in [2.24, 2.45) is 0 Å². The van der Waals surface area contributed by atoms with Gasteiger partial charge in [-0.1, -0.05) is 52.3 Å². The second-order valence-electron chi connectivity index (χ2n) is 4.32. The lowest BCUT2D eigenvalue weighted by atomic mass is 10.1. The minimum absolute atomic E-state index is 0.103. The van der Waals surface area contributed by atoms with Crippen LogP contribution in [0.5, 0.6) is 0 Å². The maximum Gasteiger partial charge on any atom is 0.175 e. The Balaban J connectivity index is 2.29. The molecule has 0 bridgehead atoms. The molecule has 0 unspecified atom stereocenters. The molecule has 0 saturated carbocycles. The number of alkyl halides is 1. The summed E-state index contributed by atoms with van der Waals surface area (Å²) in [5.74, 6) is 0.103. The van der Waals surface area contributed by atoms with E-state index in [0.29, 0.717) is 5.33 Å². The van der Waals surface area contributed by atoms with Crippen molar-refractivity contribution < 1.29 is 4.79 Å². The molecule has 19 heavy (non-hydrogen) atoms. The number of hydrogen-bond donors (Lipinski definition) is 0. The Morgan fingerprint density at radius 2 is 1.68 bits per heavy atom. The molecule has 1 heterocycles. The van der Waals surface area contributed by atoms with E-state index in [1.165, 1.54) is 0 Å². The van der Waals surface area contributed by atoms with Crippen LogP contribution in [-0.4, -0.2) is 15.7 Å². The molecule has 0 atom stereocenters. The summed E-state index contributed by atoms with van der Waals surface area (Å²) in [4.78, 5) is 12.0. The van der Waals surface area contributed by atoms with Crippen molar-refractivity contribution in [3.8, 4) is 5.69 Å². The van der Waals surface area contributed by atoms with E-state index in [-0.39, 0.29) is 5.78 Å². The number of carbonyl (C=O) groups is 1. The molecule has 0 spiro atoms. The predicted octanol–water partition coefficient (Wildman–Crippen LogP) is 4.21.